The molecule has 5 heteroatoms. The molecule has 0 saturated heterocycles. The van der Waals surface area contributed by atoms with Crippen molar-refractivity contribution in [3.63, 3.8) is 0 Å². The third-order valence-electron chi connectivity index (χ3n) is 2.16. The van der Waals surface area contributed by atoms with Gasteiger partial charge < -0.3 is 14.6 Å². The van der Waals surface area contributed by atoms with Gasteiger partial charge in [0.25, 0.3) is 0 Å². The largest absolute Gasteiger partial charge is 0.507 e. The first-order chi connectivity index (χ1) is 7.11. The van der Waals surface area contributed by atoms with Crippen molar-refractivity contribution in [2.45, 2.75) is 6.42 Å². The molecule has 0 amide bonds. The summed E-state index contributed by atoms with van der Waals surface area (Å²) in [6.45, 7) is 0. The highest BCUT2D eigenvalue weighted by molar-refractivity contribution is 5.96. The molecular weight excluding hydrogens is 200 g/mol. The Morgan fingerprint density at radius 1 is 1.40 bits per heavy atom. The van der Waals surface area contributed by atoms with Gasteiger partial charge in [0.2, 0.25) is 0 Å². The third kappa shape index (κ3) is 2.18. The Balaban J connectivity index is 3.05. The lowest BCUT2D eigenvalue weighted by molar-refractivity contribution is -0.147. The van der Waals surface area contributed by atoms with Crippen molar-refractivity contribution >= 4 is 11.9 Å². The highest BCUT2D eigenvalue weighted by Crippen LogP contribution is 2.26. The second-order valence-corrected chi connectivity index (χ2v) is 3.00. The molecule has 1 unspecified atom stereocenters. The molecule has 1 aliphatic rings. The Bertz CT molecular complexity index is 340. The minimum atomic E-state index is -0.785. The molecule has 1 N–H and O–H groups in total. The van der Waals surface area contributed by atoms with Crippen LogP contribution < -0.4 is 0 Å². The van der Waals surface area contributed by atoms with E-state index in [0.29, 0.717) is 6.42 Å². The molecule has 0 aliphatic heterocycles. The molecule has 0 fully saturated rings. The maximum absolute atomic E-state index is 11.3. The summed E-state index contributed by atoms with van der Waals surface area (Å²) in [7, 11) is 2.42. The second kappa shape index (κ2) is 4.63. The fourth-order valence-electron chi connectivity index (χ4n) is 1.42. The van der Waals surface area contributed by atoms with E-state index in [4.69, 9.17) is 0 Å². The normalized spacial score (nSPS) is 20.0. The number of aliphatic hydroxyl groups excluding tert-OH is 1. The van der Waals surface area contributed by atoms with Crippen LogP contribution in [0.15, 0.2) is 23.5 Å². The molecule has 0 aromatic rings. The topological polar surface area (TPSA) is 72.8 Å². The Labute approximate surface area is 87.0 Å². The summed E-state index contributed by atoms with van der Waals surface area (Å²) in [6, 6.07) is 0. The highest BCUT2D eigenvalue weighted by atomic mass is 16.5. The predicted octanol–water partition coefficient (Wildman–Crippen LogP) is 0.721. The van der Waals surface area contributed by atoms with Crippen LogP contribution in [0.4, 0.5) is 0 Å². The molecule has 0 aromatic heterocycles. The monoisotopic (exact) mass is 212 g/mol. The van der Waals surface area contributed by atoms with E-state index in [2.05, 4.69) is 9.47 Å². The van der Waals surface area contributed by atoms with Crippen LogP contribution in [0, 0.1) is 5.92 Å². The van der Waals surface area contributed by atoms with Crippen molar-refractivity contribution in [2.75, 3.05) is 14.2 Å². The molecule has 5 nitrogen and oxygen atoms in total. The lowest BCUT2D eigenvalue weighted by atomic mass is 9.90. The van der Waals surface area contributed by atoms with Crippen molar-refractivity contribution in [1.82, 2.24) is 0 Å². The number of carbonyl (C=O) groups excluding carboxylic acids is 2. The number of allylic oxidation sites excluding steroid dienone is 2. The van der Waals surface area contributed by atoms with Crippen LogP contribution in [0.1, 0.15) is 6.42 Å². The van der Waals surface area contributed by atoms with Crippen LogP contribution in [-0.2, 0) is 19.1 Å². The molecule has 0 bridgehead atoms. The van der Waals surface area contributed by atoms with Gasteiger partial charge >= 0.3 is 11.9 Å². The van der Waals surface area contributed by atoms with Crippen LogP contribution in [-0.4, -0.2) is 31.3 Å². The maximum Gasteiger partial charge on any atom is 0.338 e. The Morgan fingerprint density at radius 3 is 2.60 bits per heavy atom. The van der Waals surface area contributed by atoms with Gasteiger partial charge in [-0.05, 0) is 12.5 Å². The van der Waals surface area contributed by atoms with Gasteiger partial charge in [0, 0.05) is 0 Å². The fourth-order valence-corrected chi connectivity index (χ4v) is 1.42. The molecule has 0 heterocycles. The standard InChI is InChI=1S/C10H12O5/c1-14-9(12)6-4-3-5-7(11)8(6)10(13)15-2/h3,5-6,11H,4H2,1-2H3. The number of ether oxygens (including phenoxy) is 2. The van der Waals surface area contributed by atoms with Crippen molar-refractivity contribution in [3.8, 4) is 0 Å². The summed E-state index contributed by atoms with van der Waals surface area (Å²) in [5, 5.41) is 9.47. The minimum absolute atomic E-state index is 0.0492. The predicted molar refractivity (Wildman–Crippen MR) is 50.9 cm³/mol. The SMILES string of the molecule is COC(=O)C1=C(O)C=CCC1C(=O)OC. The molecule has 0 aromatic carbocycles. The van der Waals surface area contributed by atoms with Gasteiger partial charge in [-0.25, -0.2) is 4.79 Å². The zero-order valence-electron chi connectivity index (χ0n) is 8.52. The van der Waals surface area contributed by atoms with Crippen molar-refractivity contribution < 1.29 is 24.2 Å². The minimum Gasteiger partial charge on any atom is -0.507 e. The van der Waals surface area contributed by atoms with Crippen molar-refractivity contribution in [3.05, 3.63) is 23.5 Å². The molecule has 15 heavy (non-hydrogen) atoms. The summed E-state index contributed by atoms with van der Waals surface area (Å²) in [5.41, 5.74) is -0.0492. The maximum atomic E-state index is 11.3. The van der Waals surface area contributed by atoms with E-state index < -0.39 is 17.9 Å². The summed E-state index contributed by atoms with van der Waals surface area (Å²) >= 11 is 0. The second-order valence-electron chi connectivity index (χ2n) is 3.00. The zero-order valence-corrected chi connectivity index (χ0v) is 8.52. The first kappa shape index (κ1) is 11.3. The van der Waals surface area contributed by atoms with Gasteiger partial charge in [-0.15, -0.1) is 0 Å². The average molecular weight is 212 g/mol. The van der Waals surface area contributed by atoms with Crippen LogP contribution in [0.2, 0.25) is 0 Å². The van der Waals surface area contributed by atoms with Gasteiger partial charge in [0.15, 0.2) is 0 Å². The van der Waals surface area contributed by atoms with Crippen LogP contribution in [0.3, 0.4) is 0 Å². The van der Waals surface area contributed by atoms with Gasteiger partial charge in [-0.1, -0.05) is 6.08 Å². The number of carbonyl (C=O) groups is 2. The lowest BCUT2D eigenvalue weighted by Crippen LogP contribution is -2.26. The zero-order chi connectivity index (χ0) is 11.4. The molecule has 1 atom stereocenters. The van der Waals surface area contributed by atoms with Crippen molar-refractivity contribution in [1.29, 1.82) is 0 Å². The number of aliphatic hydroxyl groups is 1. The van der Waals surface area contributed by atoms with E-state index in [0.717, 1.165) is 0 Å². The number of hydrogen-bond donors (Lipinski definition) is 1. The summed E-state index contributed by atoms with van der Waals surface area (Å²) in [5.74, 6) is -2.31. The summed E-state index contributed by atoms with van der Waals surface area (Å²) < 4.78 is 9.02. The number of hydrogen-bond acceptors (Lipinski definition) is 5. The van der Waals surface area contributed by atoms with Crippen LogP contribution >= 0.6 is 0 Å². The quantitative estimate of drug-likeness (QED) is 0.683. The van der Waals surface area contributed by atoms with E-state index in [1.165, 1.54) is 20.3 Å². The molecule has 0 radical (unpaired) electrons. The molecule has 1 aliphatic carbocycles. The van der Waals surface area contributed by atoms with E-state index >= 15 is 0 Å². The van der Waals surface area contributed by atoms with Gasteiger partial charge in [0.1, 0.15) is 5.76 Å². The molecule has 1 rings (SSSR count). The Kier molecular flexibility index (Phi) is 3.49. The van der Waals surface area contributed by atoms with E-state index in [1.807, 2.05) is 0 Å². The number of rotatable bonds is 2. The number of esters is 2. The van der Waals surface area contributed by atoms with E-state index in [-0.39, 0.29) is 11.3 Å². The molecule has 0 spiro atoms. The lowest BCUT2D eigenvalue weighted by Gasteiger charge is -2.18. The summed E-state index contributed by atoms with van der Waals surface area (Å²) in [6.07, 6.45) is 3.29. The van der Waals surface area contributed by atoms with Crippen LogP contribution in [0.25, 0.3) is 0 Å². The molecule has 82 valence electrons. The fraction of sp³-hybridized carbons (Fsp3) is 0.400. The Morgan fingerprint density at radius 2 is 2.07 bits per heavy atom. The third-order valence-corrected chi connectivity index (χ3v) is 2.16. The van der Waals surface area contributed by atoms with Gasteiger partial charge in [-0.3, -0.25) is 4.79 Å². The number of methoxy groups -OCH3 is 2. The molecular formula is C10H12O5. The highest BCUT2D eigenvalue weighted by Gasteiger charge is 2.33. The van der Waals surface area contributed by atoms with Gasteiger partial charge in [-0.2, -0.15) is 0 Å². The van der Waals surface area contributed by atoms with E-state index in [1.54, 1.807) is 6.08 Å². The van der Waals surface area contributed by atoms with Crippen molar-refractivity contribution in [2.24, 2.45) is 5.92 Å². The smallest absolute Gasteiger partial charge is 0.338 e. The Hall–Kier alpha value is -1.78. The average Bonchev–Trinajstić information content (AvgIpc) is 2.26. The first-order valence-electron chi connectivity index (χ1n) is 4.37. The first-order valence-corrected chi connectivity index (χ1v) is 4.37. The van der Waals surface area contributed by atoms with E-state index in [9.17, 15) is 14.7 Å². The summed E-state index contributed by atoms with van der Waals surface area (Å²) in [4.78, 5) is 22.7. The van der Waals surface area contributed by atoms with Crippen LogP contribution in [0.5, 0.6) is 0 Å². The molecule has 0 saturated carbocycles. The van der Waals surface area contributed by atoms with Gasteiger partial charge in [0.05, 0.1) is 25.7 Å².